The Morgan fingerprint density at radius 3 is 2.38 bits per heavy atom. The fraction of sp³-hybridized carbons (Fsp3) is 0.294. The Labute approximate surface area is 150 Å². The van der Waals surface area contributed by atoms with Crippen LogP contribution in [0.5, 0.6) is 0 Å². The molecule has 0 radical (unpaired) electrons. The van der Waals surface area contributed by atoms with Gasteiger partial charge in [0, 0.05) is 38.1 Å². The standard InChI is InChI=1S/C17H17F2N3O3S/c18-15-5-4-14(12-16(15)19)26(24,25)22-9-7-21(8-10-22)17(23)11-13-3-1-2-6-20-13/h1-6,12H,7-11H2. The third kappa shape index (κ3) is 3.88. The van der Waals surface area contributed by atoms with Crippen LogP contribution in [0.25, 0.3) is 0 Å². The molecule has 1 aliphatic heterocycles. The Hall–Kier alpha value is -2.39. The summed E-state index contributed by atoms with van der Waals surface area (Å²) >= 11 is 0. The van der Waals surface area contributed by atoms with E-state index >= 15 is 0 Å². The number of sulfonamides is 1. The van der Waals surface area contributed by atoms with Crippen molar-refractivity contribution in [3.05, 3.63) is 59.9 Å². The maximum Gasteiger partial charge on any atom is 0.243 e. The number of carbonyl (C=O) groups is 1. The SMILES string of the molecule is O=C(Cc1ccccn1)N1CCN(S(=O)(=O)c2ccc(F)c(F)c2)CC1. The van der Waals surface area contributed by atoms with E-state index in [1.165, 1.54) is 4.31 Å². The van der Waals surface area contributed by atoms with Gasteiger partial charge in [-0.05, 0) is 30.3 Å². The van der Waals surface area contributed by atoms with E-state index in [4.69, 9.17) is 0 Å². The van der Waals surface area contributed by atoms with Gasteiger partial charge in [0.15, 0.2) is 11.6 Å². The Kier molecular flexibility index (Phi) is 5.28. The van der Waals surface area contributed by atoms with Gasteiger partial charge in [0.25, 0.3) is 0 Å². The Morgan fingerprint density at radius 2 is 1.77 bits per heavy atom. The van der Waals surface area contributed by atoms with E-state index in [9.17, 15) is 22.0 Å². The lowest BCUT2D eigenvalue weighted by Crippen LogP contribution is -2.50. The van der Waals surface area contributed by atoms with Crippen molar-refractivity contribution in [1.29, 1.82) is 0 Å². The highest BCUT2D eigenvalue weighted by atomic mass is 32.2. The van der Waals surface area contributed by atoms with E-state index in [0.29, 0.717) is 11.8 Å². The van der Waals surface area contributed by atoms with Crippen LogP contribution >= 0.6 is 0 Å². The van der Waals surface area contributed by atoms with E-state index in [-0.39, 0.29) is 43.4 Å². The number of amides is 1. The molecular formula is C17H17F2N3O3S. The predicted molar refractivity (Wildman–Crippen MR) is 89.6 cm³/mol. The van der Waals surface area contributed by atoms with Crippen LogP contribution in [0.4, 0.5) is 8.78 Å². The number of rotatable bonds is 4. The minimum absolute atomic E-state index is 0.0925. The second kappa shape index (κ2) is 7.46. The van der Waals surface area contributed by atoms with Crippen molar-refractivity contribution in [2.75, 3.05) is 26.2 Å². The zero-order chi connectivity index (χ0) is 18.7. The van der Waals surface area contributed by atoms with E-state index in [2.05, 4.69) is 4.98 Å². The third-order valence-electron chi connectivity index (χ3n) is 4.18. The van der Waals surface area contributed by atoms with Crippen LogP contribution in [0.15, 0.2) is 47.5 Å². The number of pyridine rings is 1. The molecule has 1 saturated heterocycles. The summed E-state index contributed by atoms with van der Waals surface area (Å²) in [5.41, 5.74) is 0.648. The second-order valence-electron chi connectivity index (χ2n) is 5.86. The van der Waals surface area contributed by atoms with Crippen molar-refractivity contribution >= 4 is 15.9 Å². The number of piperazine rings is 1. The molecule has 0 saturated carbocycles. The third-order valence-corrected chi connectivity index (χ3v) is 6.07. The summed E-state index contributed by atoms with van der Waals surface area (Å²) in [4.78, 5) is 17.7. The molecule has 0 unspecified atom stereocenters. The molecule has 0 aliphatic carbocycles. The van der Waals surface area contributed by atoms with Gasteiger partial charge in [-0.3, -0.25) is 9.78 Å². The summed E-state index contributed by atoms with van der Waals surface area (Å²) in [6.07, 6.45) is 1.76. The molecule has 2 heterocycles. The van der Waals surface area contributed by atoms with Crippen LogP contribution in [0.3, 0.4) is 0 Å². The van der Waals surface area contributed by atoms with Gasteiger partial charge in [-0.2, -0.15) is 4.31 Å². The van der Waals surface area contributed by atoms with Crippen molar-refractivity contribution in [2.24, 2.45) is 0 Å². The van der Waals surface area contributed by atoms with Gasteiger partial charge in [0.1, 0.15) is 0 Å². The van der Waals surface area contributed by atoms with E-state index in [1.807, 2.05) is 0 Å². The molecule has 138 valence electrons. The van der Waals surface area contributed by atoms with Gasteiger partial charge in [0.05, 0.1) is 11.3 Å². The first-order valence-electron chi connectivity index (χ1n) is 8.01. The quantitative estimate of drug-likeness (QED) is 0.804. The maximum absolute atomic E-state index is 13.3. The van der Waals surface area contributed by atoms with E-state index in [0.717, 1.165) is 12.1 Å². The van der Waals surface area contributed by atoms with Crippen LogP contribution < -0.4 is 0 Å². The molecule has 1 amide bonds. The second-order valence-corrected chi connectivity index (χ2v) is 7.80. The average molecular weight is 381 g/mol. The number of carbonyl (C=O) groups excluding carboxylic acids is 1. The summed E-state index contributed by atoms with van der Waals surface area (Å²) in [6.45, 7) is 0.647. The molecule has 0 N–H and O–H groups in total. The van der Waals surface area contributed by atoms with Crippen molar-refractivity contribution in [2.45, 2.75) is 11.3 Å². The minimum atomic E-state index is -3.93. The topological polar surface area (TPSA) is 70.6 Å². The number of benzene rings is 1. The highest BCUT2D eigenvalue weighted by Crippen LogP contribution is 2.20. The lowest BCUT2D eigenvalue weighted by molar-refractivity contribution is -0.131. The first-order chi connectivity index (χ1) is 12.4. The average Bonchev–Trinajstić information content (AvgIpc) is 2.65. The normalized spacial score (nSPS) is 15.8. The van der Waals surface area contributed by atoms with Crippen molar-refractivity contribution in [1.82, 2.24) is 14.2 Å². The molecule has 1 fully saturated rings. The lowest BCUT2D eigenvalue weighted by atomic mass is 10.2. The fourth-order valence-corrected chi connectivity index (χ4v) is 4.17. The van der Waals surface area contributed by atoms with Crippen LogP contribution in [0.2, 0.25) is 0 Å². The van der Waals surface area contributed by atoms with Crippen molar-refractivity contribution < 1.29 is 22.0 Å². The molecule has 1 aromatic carbocycles. The summed E-state index contributed by atoms with van der Waals surface area (Å²) in [5, 5.41) is 0. The number of hydrogen-bond acceptors (Lipinski definition) is 4. The summed E-state index contributed by atoms with van der Waals surface area (Å²) in [6, 6.07) is 7.80. The van der Waals surface area contributed by atoms with Crippen LogP contribution in [-0.4, -0.2) is 54.7 Å². The monoisotopic (exact) mass is 381 g/mol. The van der Waals surface area contributed by atoms with E-state index < -0.39 is 21.7 Å². The number of halogens is 2. The smallest absolute Gasteiger partial charge is 0.243 e. The van der Waals surface area contributed by atoms with Gasteiger partial charge in [-0.25, -0.2) is 17.2 Å². The highest BCUT2D eigenvalue weighted by Gasteiger charge is 2.30. The Bertz CT molecular complexity index is 899. The zero-order valence-electron chi connectivity index (χ0n) is 13.8. The molecule has 9 heteroatoms. The molecule has 0 atom stereocenters. The maximum atomic E-state index is 13.3. The molecule has 2 aromatic rings. The molecule has 0 bridgehead atoms. The highest BCUT2D eigenvalue weighted by molar-refractivity contribution is 7.89. The lowest BCUT2D eigenvalue weighted by Gasteiger charge is -2.34. The molecule has 26 heavy (non-hydrogen) atoms. The first kappa shape index (κ1) is 18.4. The van der Waals surface area contributed by atoms with Crippen molar-refractivity contribution in [3.63, 3.8) is 0 Å². The molecule has 6 nitrogen and oxygen atoms in total. The number of aromatic nitrogens is 1. The van der Waals surface area contributed by atoms with E-state index in [1.54, 1.807) is 29.3 Å². The summed E-state index contributed by atoms with van der Waals surface area (Å²) in [5.74, 6) is -2.45. The molecular weight excluding hydrogens is 364 g/mol. The van der Waals surface area contributed by atoms with Crippen LogP contribution in [0, 0.1) is 11.6 Å². The summed E-state index contributed by atoms with van der Waals surface area (Å²) in [7, 11) is -3.93. The number of nitrogens with zero attached hydrogens (tertiary/aromatic N) is 3. The first-order valence-corrected chi connectivity index (χ1v) is 9.45. The van der Waals surface area contributed by atoms with Gasteiger partial charge in [-0.1, -0.05) is 6.07 Å². The van der Waals surface area contributed by atoms with Gasteiger partial charge >= 0.3 is 0 Å². The Balaban J connectivity index is 1.64. The zero-order valence-corrected chi connectivity index (χ0v) is 14.6. The molecule has 3 rings (SSSR count). The van der Waals surface area contributed by atoms with Crippen molar-refractivity contribution in [3.8, 4) is 0 Å². The van der Waals surface area contributed by atoms with Gasteiger partial charge in [0.2, 0.25) is 15.9 Å². The minimum Gasteiger partial charge on any atom is -0.340 e. The van der Waals surface area contributed by atoms with Gasteiger partial charge < -0.3 is 4.90 Å². The summed E-state index contributed by atoms with van der Waals surface area (Å²) < 4.78 is 52.6. The van der Waals surface area contributed by atoms with Crippen LogP contribution in [-0.2, 0) is 21.2 Å². The predicted octanol–water partition coefficient (Wildman–Crippen LogP) is 1.44. The molecule has 0 spiro atoms. The van der Waals surface area contributed by atoms with Crippen LogP contribution in [0.1, 0.15) is 5.69 Å². The van der Waals surface area contributed by atoms with Gasteiger partial charge in [-0.15, -0.1) is 0 Å². The molecule has 1 aromatic heterocycles. The largest absolute Gasteiger partial charge is 0.340 e. The molecule has 1 aliphatic rings. The Morgan fingerprint density at radius 1 is 1.04 bits per heavy atom. The number of hydrogen-bond donors (Lipinski definition) is 0. The fourth-order valence-electron chi connectivity index (χ4n) is 2.73.